The Kier molecular flexibility index (Phi) is 6.59. The Morgan fingerprint density at radius 2 is 2.00 bits per heavy atom. The molecule has 0 saturated carbocycles. The Morgan fingerprint density at radius 1 is 1.32 bits per heavy atom. The molecule has 2 N–H and O–H groups in total. The molecule has 0 fully saturated rings. The highest BCUT2D eigenvalue weighted by Gasteiger charge is 2.04. The lowest BCUT2D eigenvalue weighted by molar-refractivity contribution is -0.119. The van der Waals surface area contributed by atoms with Crippen molar-refractivity contribution in [2.24, 2.45) is 0 Å². The fraction of sp³-hybridized carbons (Fsp3) is 0.417. The van der Waals surface area contributed by atoms with Crippen LogP contribution in [0.25, 0.3) is 0 Å². The fourth-order valence-corrected chi connectivity index (χ4v) is 1.29. The van der Waals surface area contributed by atoms with E-state index in [9.17, 15) is 13.6 Å². The van der Waals surface area contributed by atoms with Crippen LogP contribution in [0, 0.1) is 0 Å². The summed E-state index contributed by atoms with van der Waals surface area (Å²) in [6.07, 6.45) is 0. The van der Waals surface area contributed by atoms with Crippen molar-refractivity contribution in [2.45, 2.75) is 6.61 Å². The van der Waals surface area contributed by atoms with Crippen molar-refractivity contribution in [1.29, 1.82) is 0 Å². The van der Waals surface area contributed by atoms with Crippen LogP contribution < -0.4 is 15.4 Å². The van der Waals surface area contributed by atoms with E-state index < -0.39 is 6.61 Å². The van der Waals surface area contributed by atoms with Gasteiger partial charge in [0.05, 0.1) is 13.2 Å². The van der Waals surface area contributed by atoms with Crippen molar-refractivity contribution < 1.29 is 23.0 Å². The molecule has 0 atom stereocenters. The smallest absolute Gasteiger partial charge is 0.387 e. The molecule has 0 radical (unpaired) electrons. The van der Waals surface area contributed by atoms with Gasteiger partial charge in [-0.2, -0.15) is 8.78 Å². The van der Waals surface area contributed by atoms with E-state index in [1.807, 2.05) is 0 Å². The Balaban J connectivity index is 2.31. The Bertz CT molecular complexity index is 385. The number of alkyl halides is 2. The van der Waals surface area contributed by atoms with E-state index in [4.69, 9.17) is 4.74 Å². The van der Waals surface area contributed by atoms with E-state index in [1.165, 1.54) is 12.1 Å². The van der Waals surface area contributed by atoms with Gasteiger partial charge in [0.1, 0.15) is 5.75 Å². The van der Waals surface area contributed by atoms with Gasteiger partial charge in [0.25, 0.3) is 0 Å². The number of anilines is 1. The molecule has 5 nitrogen and oxygen atoms in total. The highest BCUT2D eigenvalue weighted by molar-refractivity contribution is 5.80. The normalized spacial score (nSPS) is 10.3. The molecule has 19 heavy (non-hydrogen) atoms. The second-order valence-corrected chi connectivity index (χ2v) is 3.60. The Labute approximate surface area is 109 Å². The van der Waals surface area contributed by atoms with E-state index >= 15 is 0 Å². The van der Waals surface area contributed by atoms with Crippen LogP contribution in [0.3, 0.4) is 0 Å². The van der Waals surface area contributed by atoms with Crippen molar-refractivity contribution >= 4 is 11.6 Å². The molecule has 0 bridgehead atoms. The van der Waals surface area contributed by atoms with Crippen molar-refractivity contribution in [3.8, 4) is 5.75 Å². The predicted molar refractivity (Wildman–Crippen MR) is 66.4 cm³/mol. The van der Waals surface area contributed by atoms with Crippen molar-refractivity contribution in [3.05, 3.63) is 24.3 Å². The molecule has 1 rings (SSSR count). The summed E-state index contributed by atoms with van der Waals surface area (Å²) in [5, 5.41) is 5.50. The number of rotatable bonds is 8. The highest BCUT2D eigenvalue weighted by atomic mass is 19.3. The zero-order valence-corrected chi connectivity index (χ0v) is 10.5. The molecule has 7 heteroatoms. The first-order valence-corrected chi connectivity index (χ1v) is 5.66. The van der Waals surface area contributed by atoms with Crippen LogP contribution in [-0.4, -0.2) is 39.3 Å². The lowest BCUT2D eigenvalue weighted by Crippen LogP contribution is -2.32. The molecule has 0 heterocycles. The van der Waals surface area contributed by atoms with Gasteiger partial charge in [-0.1, -0.05) is 0 Å². The maximum Gasteiger partial charge on any atom is 0.387 e. The second-order valence-electron chi connectivity index (χ2n) is 3.60. The number of hydrogen-bond donors (Lipinski definition) is 2. The standard InChI is InChI=1S/C12H16F2N2O3/c1-18-7-6-15-11(17)8-16-9-2-4-10(5-3-9)19-12(13)14/h2-5,12,16H,6-8H2,1H3,(H,15,17). The van der Waals surface area contributed by atoms with E-state index in [1.54, 1.807) is 19.2 Å². The Hall–Kier alpha value is -1.89. The molecular weight excluding hydrogens is 258 g/mol. The minimum absolute atomic E-state index is 0.0742. The number of carbonyl (C=O) groups excluding carboxylic acids is 1. The molecule has 1 aromatic rings. The van der Waals surface area contributed by atoms with E-state index in [0.29, 0.717) is 18.8 Å². The molecule has 1 aromatic carbocycles. The summed E-state index contributed by atoms with van der Waals surface area (Å²) in [6, 6.07) is 5.91. The number of ether oxygens (including phenoxy) is 2. The number of benzene rings is 1. The third-order valence-electron chi connectivity index (χ3n) is 2.16. The summed E-state index contributed by atoms with van der Waals surface area (Å²) >= 11 is 0. The van der Waals surface area contributed by atoms with Crippen LogP contribution in [0.15, 0.2) is 24.3 Å². The SMILES string of the molecule is COCCNC(=O)CNc1ccc(OC(F)F)cc1. The molecule has 0 aliphatic heterocycles. The zero-order valence-electron chi connectivity index (χ0n) is 10.5. The van der Waals surface area contributed by atoms with Crippen molar-refractivity contribution in [2.75, 3.05) is 32.1 Å². The van der Waals surface area contributed by atoms with E-state index in [0.717, 1.165) is 0 Å². The largest absolute Gasteiger partial charge is 0.435 e. The molecular formula is C12H16F2N2O3. The van der Waals surface area contributed by atoms with Gasteiger partial charge < -0.3 is 20.1 Å². The van der Waals surface area contributed by atoms with Gasteiger partial charge in [-0.15, -0.1) is 0 Å². The van der Waals surface area contributed by atoms with Crippen LogP contribution in [0.2, 0.25) is 0 Å². The topological polar surface area (TPSA) is 59.6 Å². The minimum Gasteiger partial charge on any atom is -0.435 e. The highest BCUT2D eigenvalue weighted by Crippen LogP contribution is 2.17. The van der Waals surface area contributed by atoms with Crippen molar-refractivity contribution in [1.82, 2.24) is 5.32 Å². The third-order valence-corrected chi connectivity index (χ3v) is 2.16. The first kappa shape index (κ1) is 15.2. The molecule has 0 aliphatic rings. The number of amides is 1. The van der Waals surface area contributed by atoms with Gasteiger partial charge in [0, 0.05) is 19.3 Å². The summed E-state index contributed by atoms with van der Waals surface area (Å²) in [4.78, 5) is 11.4. The lowest BCUT2D eigenvalue weighted by Gasteiger charge is -2.08. The van der Waals surface area contributed by atoms with Crippen LogP contribution in [0.1, 0.15) is 0 Å². The molecule has 0 unspecified atom stereocenters. The minimum atomic E-state index is -2.84. The number of methoxy groups -OCH3 is 1. The predicted octanol–water partition coefficient (Wildman–Crippen LogP) is 1.46. The third kappa shape index (κ3) is 6.56. The van der Waals surface area contributed by atoms with Crippen LogP contribution >= 0.6 is 0 Å². The van der Waals surface area contributed by atoms with Gasteiger partial charge in [-0.05, 0) is 24.3 Å². The van der Waals surface area contributed by atoms with Gasteiger partial charge in [-0.3, -0.25) is 4.79 Å². The maximum atomic E-state index is 11.9. The number of carbonyl (C=O) groups is 1. The quantitative estimate of drug-likeness (QED) is 0.705. The van der Waals surface area contributed by atoms with Gasteiger partial charge in [0.15, 0.2) is 0 Å². The number of nitrogens with one attached hydrogen (secondary N) is 2. The number of halogens is 2. The molecule has 0 saturated heterocycles. The second kappa shape index (κ2) is 8.25. The summed E-state index contributed by atoms with van der Waals surface area (Å²) in [7, 11) is 1.55. The first-order chi connectivity index (χ1) is 9.11. The van der Waals surface area contributed by atoms with Crippen LogP contribution in [-0.2, 0) is 9.53 Å². The van der Waals surface area contributed by atoms with Gasteiger partial charge in [-0.25, -0.2) is 0 Å². The van der Waals surface area contributed by atoms with E-state index in [-0.39, 0.29) is 18.2 Å². The molecule has 1 amide bonds. The average molecular weight is 274 g/mol. The maximum absolute atomic E-state index is 11.9. The number of hydrogen-bond acceptors (Lipinski definition) is 4. The monoisotopic (exact) mass is 274 g/mol. The Morgan fingerprint density at radius 3 is 2.58 bits per heavy atom. The summed E-state index contributed by atoms with van der Waals surface area (Å²) in [5.74, 6) is -0.102. The van der Waals surface area contributed by atoms with Crippen LogP contribution in [0.5, 0.6) is 5.75 Å². The zero-order chi connectivity index (χ0) is 14.1. The van der Waals surface area contributed by atoms with E-state index in [2.05, 4.69) is 15.4 Å². The average Bonchev–Trinajstić information content (AvgIpc) is 2.37. The molecule has 0 aliphatic carbocycles. The molecule has 0 aromatic heterocycles. The first-order valence-electron chi connectivity index (χ1n) is 5.66. The van der Waals surface area contributed by atoms with Crippen LogP contribution in [0.4, 0.5) is 14.5 Å². The van der Waals surface area contributed by atoms with Gasteiger partial charge in [0.2, 0.25) is 5.91 Å². The molecule has 106 valence electrons. The summed E-state index contributed by atoms with van der Waals surface area (Å²) < 4.78 is 32.8. The van der Waals surface area contributed by atoms with Gasteiger partial charge >= 0.3 is 6.61 Å². The summed E-state index contributed by atoms with van der Waals surface area (Å²) in [6.45, 7) is -1.85. The lowest BCUT2D eigenvalue weighted by atomic mass is 10.3. The van der Waals surface area contributed by atoms with Crippen molar-refractivity contribution in [3.63, 3.8) is 0 Å². The fourth-order valence-electron chi connectivity index (χ4n) is 1.29. The summed E-state index contributed by atoms with van der Waals surface area (Å²) in [5.41, 5.74) is 0.642. The molecule has 0 spiro atoms.